The molecule has 0 saturated heterocycles. The van der Waals surface area contributed by atoms with Gasteiger partial charge in [-0.25, -0.2) is 5.43 Å². The summed E-state index contributed by atoms with van der Waals surface area (Å²) in [7, 11) is 0. The van der Waals surface area contributed by atoms with Crippen molar-refractivity contribution in [1.82, 2.24) is 5.43 Å². The highest BCUT2D eigenvalue weighted by Crippen LogP contribution is 2.44. The Labute approximate surface area is 208 Å². The quantitative estimate of drug-likeness (QED) is 0.366. The van der Waals surface area contributed by atoms with E-state index in [0.717, 1.165) is 12.0 Å². The van der Waals surface area contributed by atoms with E-state index in [9.17, 15) is 9.90 Å². The molecule has 3 aromatic carbocycles. The molecule has 0 unspecified atom stereocenters. The number of amides is 1. The zero-order valence-electron chi connectivity index (χ0n) is 21.2. The maximum absolute atomic E-state index is 13.2. The second kappa shape index (κ2) is 9.67. The third-order valence-electron chi connectivity index (χ3n) is 6.91. The first kappa shape index (κ1) is 24.7. The van der Waals surface area contributed by atoms with E-state index in [0.29, 0.717) is 23.1 Å². The van der Waals surface area contributed by atoms with Gasteiger partial charge in [-0.2, -0.15) is 5.10 Å². The summed E-state index contributed by atoms with van der Waals surface area (Å²) in [5.41, 5.74) is 5.22. The van der Waals surface area contributed by atoms with E-state index < -0.39 is 11.5 Å². The van der Waals surface area contributed by atoms with Gasteiger partial charge in [0.25, 0.3) is 5.91 Å². The van der Waals surface area contributed by atoms with Gasteiger partial charge in [-0.3, -0.25) is 4.79 Å². The van der Waals surface area contributed by atoms with Gasteiger partial charge < -0.3 is 10.0 Å². The Morgan fingerprint density at radius 3 is 2.17 bits per heavy atom. The van der Waals surface area contributed by atoms with Gasteiger partial charge in [0, 0.05) is 17.3 Å². The van der Waals surface area contributed by atoms with Gasteiger partial charge in [0.2, 0.25) is 0 Å². The predicted octanol–water partition coefficient (Wildman–Crippen LogP) is 5.57. The molecule has 35 heavy (non-hydrogen) atoms. The highest BCUT2D eigenvalue weighted by molar-refractivity contribution is 5.91. The number of rotatable bonds is 6. The number of hydrogen-bond acceptors (Lipinski definition) is 4. The fourth-order valence-electron chi connectivity index (χ4n) is 5.56. The SMILES string of the molecule is CC(C)N1c2ccc(/C=N\NC(=O)C(O)(c3ccccc3)c3ccccc3)cc2[C@@H](C)CC1(C)C. The van der Waals surface area contributed by atoms with Crippen LogP contribution in [0.3, 0.4) is 0 Å². The van der Waals surface area contributed by atoms with Gasteiger partial charge in [0.05, 0.1) is 6.21 Å². The Morgan fingerprint density at radius 1 is 1.06 bits per heavy atom. The zero-order valence-corrected chi connectivity index (χ0v) is 21.2. The number of hydrazone groups is 1. The molecule has 0 fully saturated rings. The molecule has 1 aliphatic rings. The molecule has 0 aliphatic carbocycles. The van der Waals surface area contributed by atoms with Crippen LogP contribution in [-0.2, 0) is 10.4 Å². The lowest BCUT2D eigenvalue weighted by molar-refractivity contribution is -0.136. The topological polar surface area (TPSA) is 64.9 Å². The summed E-state index contributed by atoms with van der Waals surface area (Å²) in [5.74, 6) is -0.190. The first-order valence-corrected chi connectivity index (χ1v) is 12.2. The molecule has 1 aliphatic heterocycles. The third-order valence-corrected chi connectivity index (χ3v) is 6.91. The Hall–Kier alpha value is -3.44. The number of carbonyl (C=O) groups is 1. The molecular weight excluding hydrogens is 434 g/mol. The van der Waals surface area contributed by atoms with E-state index >= 15 is 0 Å². The number of nitrogens with one attached hydrogen (secondary N) is 1. The smallest absolute Gasteiger partial charge is 0.281 e. The van der Waals surface area contributed by atoms with Gasteiger partial charge in [0.1, 0.15) is 0 Å². The molecule has 5 heteroatoms. The van der Waals surface area contributed by atoms with Gasteiger partial charge >= 0.3 is 0 Å². The van der Waals surface area contributed by atoms with Crippen LogP contribution >= 0.6 is 0 Å². The van der Waals surface area contributed by atoms with Crippen molar-refractivity contribution in [3.8, 4) is 0 Å². The molecule has 0 saturated carbocycles. The Kier molecular flexibility index (Phi) is 6.82. The molecule has 1 amide bonds. The van der Waals surface area contributed by atoms with E-state index in [2.05, 4.69) is 62.2 Å². The van der Waals surface area contributed by atoms with Crippen LogP contribution in [-0.4, -0.2) is 28.8 Å². The molecule has 0 spiro atoms. The molecular formula is C30H35N3O2. The summed E-state index contributed by atoms with van der Waals surface area (Å²) in [5, 5.41) is 15.8. The minimum Gasteiger partial charge on any atom is -0.372 e. The monoisotopic (exact) mass is 469 g/mol. The van der Waals surface area contributed by atoms with Crippen molar-refractivity contribution >= 4 is 17.8 Å². The zero-order chi connectivity index (χ0) is 25.2. The summed E-state index contributed by atoms with van der Waals surface area (Å²) in [4.78, 5) is 15.7. The van der Waals surface area contributed by atoms with Crippen molar-refractivity contribution in [3.05, 3.63) is 101 Å². The lowest BCUT2D eigenvalue weighted by atomic mass is 9.79. The summed E-state index contributed by atoms with van der Waals surface area (Å²) < 4.78 is 0. The average Bonchev–Trinajstić information content (AvgIpc) is 2.84. The first-order valence-electron chi connectivity index (χ1n) is 12.2. The minimum absolute atomic E-state index is 0.0868. The van der Waals surface area contributed by atoms with Crippen LogP contribution in [0.25, 0.3) is 0 Å². The van der Waals surface area contributed by atoms with Crippen molar-refractivity contribution in [2.75, 3.05) is 4.90 Å². The molecule has 0 radical (unpaired) electrons. The van der Waals surface area contributed by atoms with Crippen LogP contribution in [0.1, 0.15) is 69.2 Å². The van der Waals surface area contributed by atoms with Crippen LogP contribution < -0.4 is 10.3 Å². The second-order valence-corrected chi connectivity index (χ2v) is 10.3. The maximum atomic E-state index is 13.2. The molecule has 4 rings (SSSR count). The molecule has 2 N–H and O–H groups in total. The van der Waals surface area contributed by atoms with Gasteiger partial charge in [-0.05, 0) is 74.4 Å². The summed E-state index contributed by atoms with van der Waals surface area (Å²) in [6.07, 6.45) is 2.71. The molecule has 1 heterocycles. The Bertz CT molecular complexity index is 1160. The number of hydrogen-bond donors (Lipinski definition) is 2. The number of anilines is 1. The number of fused-ring (bicyclic) bond motifs is 1. The minimum atomic E-state index is -1.85. The lowest BCUT2D eigenvalue weighted by Gasteiger charge is -2.50. The van der Waals surface area contributed by atoms with E-state index in [-0.39, 0.29) is 5.54 Å². The predicted molar refractivity (Wildman–Crippen MR) is 143 cm³/mol. The molecule has 5 nitrogen and oxygen atoms in total. The lowest BCUT2D eigenvalue weighted by Crippen LogP contribution is -2.51. The van der Waals surface area contributed by atoms with E-state index in [1.54, 1.807) is 54.7 Å². The standard InChI is InChI=1S/C30H35N3O2/c1-21(2)33-27-17-16-23(18-26(27)22(3)19-29(33,4)5)20-31-32-28(34)30(35,24-12-8-6-9-13-24)25-14-10-7-11-15-25/h6-18,20-22,35H,19H2,1-5H3,(H,32,34)/b31-20-/t22-/m0/s1. The van der Waals surface area contributed by atoms with Crippen molar-refractivity contribution in [3.63, 3.8) is 0 Å². The summed E-state index contributed by atoms with van der Waals surface area (Å²) >= 11 is 0. The number of aliphatic hydroxyl groups is 1. The van der Waals surface area contributed by atoms with E-state index in [1.165, 1.54) is 11.3 Å². The number of carbonyl (C=O) groups excluding carboxylic acids is 1. The molecule has 0 bridgehead atoms. The van der Waals surface area contributed by atoms with E-state index in [4.69, 9.17) is 0 Å². The number of nitrogens with zero attached hydrogens (tertiary/aromatic N) is 2. The summed E-state index contributed by atoms with van der Waals surface area (Å²) in [6, 6.07) is 24.6. The maximum Gasteiger partial charge on any atom is 0.281 e. The van der Waals surface area contributed by atoms with Crippen LogP contribution in [0.4, 0.5) is 5.69 Å². The average molecular weight is 470 g/mol. The number of benzene rings is 3. The fourth-order valence-corrected chi connectivity index (χ4v) is 5.56. The van der Waals surface area contributed by atoms with Crippen LogP contribution in [0, 0.1) is 0 Å². The van der Waals surface area contributed by atoms with Crippen LogP contribution in [0.5, 0.6) is 0 Å². The third kappa shape index (κ3) is 4.73. The molecule has 3 aromatic rings. The van der Waals surface area contributed by atoms with Crippen molar-refractivity contribution in [2.45, 2.75) is 64.1 Å². The van der Waals surface area contributed by atoms with Gasteiger partial charge in [-0.1, -0.05) is 73.7 Å². The van der Waals surface area contributed by atoms with Gasteiger partial charge in [-0.15, -0.1) is 0 Å². The van der Waals surface area contributed by atoms with E-state index in [1.807, 2.05) is 18.2 Å². The normalized spacial score (nSPS) is 17.5. The highest BCUT2D eigenvalue weighted by atomic mass is 16.3. The molecule has 0 aromatic heterocycles. The van der Waals surface area contributed by atoms with Crippen LogP contribution in [0.2, 0.25) is 0 Å². The Morgan fingerprint density at radius 2 is 1.63 bits per heavy atom. The Balaban J connectivity index is 1.59. The highest BCUT2D eigenvalue weighted by Gasteiger charge is 2.40. The largest absolute Gasteiger partial charge is 0.372 e. The first-order chi connectivity index (χ1) is 16.6. The van der Waals surface area contributed by atoms with Crippen LogP contribution in [0.15, 0.2) is 84.0 Å². The van der Waals surface area contributed by atoms with Gasteiger partial charge in [0.15, 0.2) is 5.60 Å². The molecule has 1 atom stereocenters. The fraction of sp³-hybridized carbons (Fsp3) is 0.333. The van der Waals surface area contributed by atoms with Crippen molar-refractivity contribution < 1.29 is 9.90 Å². The van der Waals surface area contributed by atoms with Crippen molar-refractivity contribution in [2.24, 2.45) is 5.10 Å². The summed E-state index contributed by atoms with van der Waals surface area (Å²) in [6.45, 7) is 11.3. The second-order valence-electron chi connectivity index (χ2n) is 10.3. The molecule has 182 valence electrons. The van der Waals surface area contributed by atoms with Crippen molar-refractivity contribution in [1.29, 1.82) is 0 Å².